The average Bonchev–Trinajstić information content (AvgIpc) is 2.54. The van der Waals surface area contributed by atoms with E-state index in [2.05, 4.69) is 26.6 Å². The molecule has 1 aliphatic heterocycles. The minimum Gasteiger partial charge on any atom is -0.496 e. The molecule has 1 aliphatic rings. The predicted molar refractivity (Wildman–Crippen MR) is 90.6 cm³/mol. The van der Waals surface area contributed by atoms with E-state index in [-0.39, 0.29) is 6.61 Å². The molecular formula is C16H19BrN2O5. The maximum Gasteiger partial charge on any atom is 0.338 e. The first kappa shape index (κ1) is 18.3. The van der Waals surface area contributed by atoms with Gasteiger partial charge in [-0.05, 0) is 25.1 Å². The van der Waals surface area contributed by atoms with Crippen molar-refractivity contribution < 1.29 is 23.8 Å². The van der Waals surface area contributed by atoms with Crippen LogP contribution in [0.1, 0.15) is 18.5 Å². The molecule has 1 aromatic carbocycles. The molecule has 0 saturated carbocycles. The average molecular weight is 399 g/mol. The lowest BCUT2D eigenvalue weighted by Crippen LogP contribution is -2.45. The summed E-state index contributed by atoms with van der Waals surface area (Å²) >= 11 is 3.40. The lowest BCUT2D eigenvalue weighted by molar-refractivity contribution is -0.140. The number of rotatable bonds is 6. The second kappa shape index (κ2) is 8.16. The molecule has 8 heteroatoms. The maximum absolute atomic E-state index is 12.5. The van der Waals surface area contributed by atoms with Crippen LogP contribution >= 0.6 is 15.9 Å². The molecule has 0 bridgehead atoms. The fraction of sp³-hybridized carbons (Fsp3) is 0.375. The molecule has 7 nitrogen and oxygen atoms in total. The number of carbonyl (C=O) groups is 2. The first-order valence-electron chi connectivity index (χ1n) is 7.25. The molecule has 0 aliphatic carbocycles. The summed E-state index contributed by atoms with van der Waals surface area (Å²) in [7, 11) is 3.05. The van der Waals surface area contributed by atoms with Crippen LogP contribution in [0.2, 0.25) is 0 Å². The number of nitrogens with one attached hydrogen (secondary N) is 2. The van der Waals surface area contributed by atoms with Crippen molar-refractivity contribution in [2.45, 2.75) is 13.0 Å². The third-order valence-corrected chi connectivity index (χ3v) is 4.01. The van der Waals surface area contributed by atoms with Crippen LogP contribution in [0.15, 0.2) is 33.9 Å². The number of ether oxygens (including phenoxy) is 3. The molecule has 24 heavy (non-hydrogen) atoms. The van der Waals surface area contributed by atoms with Crippen molar-refractivity contribution in [1.82, 2.24) is 10.6 Å². The van der Waals surface area contributed by atoms with Crippen molar-refractivity contribution in [2.24, 2.45) is 0 Å². The Morgan fingerprint density at radius 2 is 2.04 bits per heavy atom. The second-order valence-corrected chi connectivity index (χ2v) is 6.00. The van der Waals surface area contributed by atoms with E-state index in [1.807, 2.05) is 6.07 Å². The van der Waals surface area contributed by atoms with Crippen LogP contribution in [0, 0.1) is 0 Å². The smallest absolute Gasteiger partial charge is 0.338 e. The van der Waals surface area contributed by atoms with Gasteiger partial charge in [-0.3, -0.25) is 0 Å². The fourth-order valence-electron chi connectivity index (χ4n) is 2.42. The van der Waals surface area contributed by atoms with Crippen molar-refractivity contribution in [3.8, 4) is 5.75 Å². The second-order valence-electron chi connectivity index (χ2n) is 5.09. The number of allylic oxidation sites excluding steroid dienone is 1. The molecule has 2 N–H and O–H groups in total. The van der Waals surface area contributed by atoms with Gasteiger partial charge in [0.25, 0.3) is 0 Å². The van der Waals surface area contributed by atoms with Crippen LogP contribution in [0.25, 0.3) is 0 Å². The van der Waals surface area contributed by atoms with Gasteiger partial charge in [-0.25, -0.2) is 9.59 Å². The summed E-state index contributed by atoms with van der Waals surface area (Å²) in [5, 5.41) is 5.34. The number of methoxy groups -OCH3 is 2. The zero-order valence-electron chi connectivity index (χ0n) is 13.6. The third kappa shape index (κ3) is 4.07. The molecule has 130 valence electrons. The summed E-state index contributed by atoms with van der Waals surface area (Å²) in [5.41, 5.74) is 1.41. The summed E-state index contributed by atoms with van der Waals surface area (Å²) < 4.78 is 16.3. The summed E-state index contributed by atoms with van der Waals surface area (Å²) in [6, 6.07) is 4.30. The van der Waals surface area contributed by atoms with Gasteiger partial charge in [0.15, 0.2) is 0 Å². The summed E-state index contributed by atoms with van der Waals surface area (Å²) in [6.07, 6.45) is 0. The van der Waals surface area contributed by atoms with E-state index in [4.69, 9.17) is 14.2 Å². The Morgan fingerprint density at radius 1 is 1.29 bits per heavy atom. The van der Waals surface area contributed by atoms with Crippen LogP contribution in [0.3, 0.4) is 0 Å². The Hall–Kier alpha value is -2.06. The highest BCUT2D eigenvalue weighted by Gasteiger charge is 2.34. The Balaban J connectivity index is 2.41. The van der Waals surface area contributed by atoms with Gasteiger partial charge in [-0.1, -0.05) is 15.9 Å². The van der Waals surface area contributed by atoms with Gasteiger partial charge in [0.2, 0.25) is 0 Å². The van der Waals surface area contributed by atoms with E-state index < -0.39 is 18.0 Å². The molecule has 2 amide bonds. The number of carbonyl (C=O) groups excluding carboxylic acids is 2. The van der Waals surface area contributed by atoms with Crippen molar-refractivity contribution in [1.29, 1.82) is 0 Å². The number of halogens is 1. The quantitative estimate of drug-likeness (QED) is 0.566. The molecule has 1 aromatic rings. The van der Waals surface area contributed by atoms with Gasteiger partial charge in [0.1, 0.15) is 12.4 Å². The molecular weight excluding hydrogens is 380 g/mol. The first-order chi connectivity index (χ1) is 11.5. The van der Waals surface area contributed by atoms with Gasteiger partial charge in [-0.2, -0.15) is 0 Å². The van der Waals surface area contributed by atoms with E-state index in [0.29, 0.717) is 29.2 Å². The highest BCUT2D eigenvalue weighted by molar-refractivity contribution is 9.10. The van der Waals surface area contributed by atoms with Crippen LogP contribution in [0.5, 0.6) is 5.75 Å². The number of benzene rings is 1. The molecule has 0 saturated heterocycles. The van der Waals surface area contributed by atoms with Crippen LogP contribution in [0.4, 0.5) is 4.79 Å². The predicted octanol–water partition coefficient (Wildman–Crippen LogP) is 2.28. The molecule has 0 aromatic heterocycles. The van der Waals surface area contributed by atoms with E-state index in [0.717, 1.165) is 4.47 Å². The van der Waals surface area contributed by atoms with Crippen molar-refractivity contribution in [3.05, 3.63) is 39.5 Å². The molecule has 1 heterocycles. The van der Waals surface area contributed by atoms with Crippen LogP contribution in [-0.2, 0) is 14.3 Å². The molecule has 0 unspecified atom stereocenters. The van der Waals surface area contributed by atoms with E-state index in [1.165, 1.54) is 14.2 Å². The fourth-order valence-corrected chi connectivity index (χ4v) is 2.80. The van der Waals surface area contributed by atoms with Gasteiger partial charge in [-0.15, -0.1) is 0 Å². The van der Waals surface area contributed by atoms with Crippen molar-refractivity contribution in [3.63, 3.8) is 0 Å². The number of esters is 1. The monoisotopic (exact) mass is 398 g/mol. The molecule has 0 fully saturated rings. The summed E-state index contributed by atoms with van der Waals surface area (Å²) in [5.74, 6) is 0.0319. The van der Waals surface area contributed by atoms with Gasteiger partial charge in [0.05, 0.1) is 25.3 Å². The van der Waals surface area contributed by atoms with Gasteiger partial charge >= 0.3 is 12.0 Å². The minimum absolute atomic E-state index is 0.127. The van der Waals surface area contributed by atoms with E-state index in [1.54, 1.807) is 19.1 Å². The Morgan fingerprint density at radius 3 is 2.71 bits per heavy atom. The minimum atomic E-state index is -0.679. The van der Waals surface area contributed by atoms with Crippen molar-refractivity contribution >= 4 is 27.9 Å². The largest absolute Gasteiger partial charge is 0.496 e. The lowest BCUT2D eigenvalue weighted by Gasteiger charge is -2.29. The number of amides is 2. The van der Waals surface area contributed by atoms with Crippen LogP contribution in [-0.4, -0.2) is 39.4 Å². The number of hydrogen-bond donors (Lipinski definition) is 2. The Kier molecular flexibility index (Phi) is 6.22. The lowest BCUT2D eigenvalue weighted by atomic mass is 9.95. The van der Waals surface area contributed by atoms with Gasteiger partial charge < -0.3 is 24.8 Å². The highest BCUT2D eigenvalue weighted by atomic mass is 79.9. The van der Waals surface area contributed by atoms with E-state index >= 15 is 0 Å². The van der Waals surface area contributed by atoms with Crippen LogP contribution < -0.4 is 15.4 Å². The molecule has 0 radical (unpaired) electrons. The summed E-state index contributed by atoms with van der Waals surface area (Å²) in [4.78, 5) is 24.4. The summed E-state index contributed by atoms with van der Waals surface area (Å²) in [6.45, 7) is 2.08. The zero-order valence-corrected chi connectivity index (χ0v) is 15.2. The van der Waals surface area contributed by atoms with Crippen molar-refractivity contribution in [2.75, 3.05) is 27.4 Å². The standard InChI is InChI=1S/C16H19BrN2O5/c1-9-13(15(20)24-7-6-22-2)14(19-16(21)18-9)11-8-10(17)4-5-12(11)23-3/h4-5,8,14H,6-7H2,1-3H3,(H2,18,19,21)/t14-/m1/s1. The molecule has 0 spiro atoms. The maximum atomic E-state index is 12.5. The SMILES string of the molecule is COCCOC(=O)C1=C(C)NC(=O)N[C@@H]1c1cc(Br)ccc1OC. The Bertz CT molecular complexity index is 674. The van der Waals surface area contributed by atoms with E-state index in [9.17, 15) is 9.59 Å². The number of urea groups is 1. The zero-order chi connectivity index (χ0) is 17.7. The molecule has 2 rings (SSSR count). The van der Waals surface area contributed by atoms with Gasteiger partial charge in [0, 0.05) is 22.8 Å². The highest BCUT2D eigenvalue weighted by Crippen LogP contribution is 2.35. The Labute approximate surface area is 148 Å². The normalized spacial score (nSPS) is 17.2. The first-order valence-corrected chi connectivity index (χ1v) is 8.05. The topological polar surface area (TPSA) is 85.9 Å². The number of hydrogen-bond acceptors (Lipinski definition) is 5. The molecule has 1 atom stereocenters. The third-order valence-electron chi connectivity index (χ3n) is 3.51.